The van der Waals surface area contributed by atoms with Gasteiger partial charge in [0.2, 0.25) is 0 Å². The first-order chi connectivity index (χ1) is 10.1. The van der Waals surface area contributed by atoms with Crippen LogP contribution in [0.4, 0.5) is 5.69 Å². The minimum atomic E-state index is -0.452. The van der Waals surface area contributed by atoms with Gasteiger partial charge in [0.05, 0.1) is 29.7 Å². The molecule has 0 saturated carbocycles. The molecule has 0 aliphatic carbocycles. The molecule has 8 heteroatoms. The van der Waals surface area contributed by atoms with E-state index in [2.05, 4.69) is 22.4 Å². The normalized spacial score (nSPS) is 12.1. The minimum Gasteiger partial charge on any atom is -0.496 e. The highest BCUT2D eigenvalue weighted by Crippen LogP contribution is 2.36. The summed E-state index contributed by atoms with van der Waals surface area (Å²) in [5.74, 6) is 0.421. The molecule has 0 amide bonds. The number of nitro groups is 1. The van der Waals surface area contributed by atoms with Crippen LogP contribution in [0, 0.1) is 10.1 Å². The minimum absolute atomic E-state index is 0.0120. The zero-order valence-electron chi connectivity index (χ0n) is 12.0. The van der Waals surface area contributed by atoms with Gasteiger partial charge in [-0.15, -0.1) is 10.2 Å². The number of ether oxygens (including phenoxy) is 1. The van der Waals surface area contributed by atoms with Crippen LogP contribution in [0.25, 0.3) is 10.6 Å². The van der Waals surface area contributed by atoms with Crippen molar-refractivity contribution in [2.24, 2.45) is 0 Å². The molecule has 1 N–H and O–H groups in total. The summed E-state index contributed by atoms with van der Waals surface area (Å²) in [6, 6.07) is 4.63. The molecular weight excluding hydrogens is 292 g/mol. The molecule has 0 aliphatic rings. The lowest BCUT2D eigenvalue weighted by atomic mass is 10.2. The predicted molar refractivity (Wildman–Crippen MR) is 80.6 cm³/mol. The SMILES string of the molecule is CCC(NC)c1nnc(-c2ccc([N+](=O)[O-])cc2OC)s1. The van der Waals surface area contributed by atoms with E-state index in [-0.39, 0.29) is 11.7 Å². The van der Waals surface area contributed by atoms with Gasteiger partial charge in [-0.1, -0.05) is 18.3 Å². The lowest BCUT2D eigenvalue weighted by molar-refractivity contribution is -0.384. The van der Waals surface area contributed by atoms with Crippen molar-refractivity contribution in [2.75, 3.05) is 14.2 Å². The van der Waals surface area contributed by atoms with Gasteiger partial charge in [-0.3, -0.25) is 10.1 Å². The van der Waals surface area contributed by atoms with E-state index in [4.69, 9.17) is 4.74 Å². The van der Waals surface area contributed by atoms with Gasteiger partial charge in [0, 0.05) is 6.07 Å². The fourth-order valence-corrected chi connectivity index (χ4v) is 3.02. The summed E-state index contributed by atoms with van der Waals surface area (Å²) in [5.41, 5.74) is 0.694. The zero-order valence-corrected chi connectivity index (χ0v) is 12.8. The first-order valence-corrected chi connectivity index (χ1v) is 7.25. The van der Waals surface area contributed by atoms with E-state index in [0.717, 1.165) is 11.4 Å². The average molecular weight is 308 g/mol. The molecule has 1 unspecified atom stereocenters. The number of aromatic nitrogens is 2. The summed E-state index contributed by atoms with van der Waals surface area (Å²) in [5, 5.41) is 23.9. The number of rotatable bonds is 6. The number of nitrogens with zero attached hydrogens (tertiary/aromatic N) is 3. The maximum absolute atomic E-state index is 10.8. The van der Waals surface area contributed by atoms with E-state index in [1.807, 2.05) is 7.05 Å². The van der Waals surface area contributed by atoms with Crippen LogP contribution < -0.4 is 10.1 Å². The van der Waals surface area contributed by atoms with Gasteiger partial charge in [-0.25, -0.2) is 0 Å². The van der Waals surface area contributed by atoms with Crippen LogP contribution in [0.5, 0.6) is 5.75 Å². The van der Waals surface area contributed by atoms with E-state index < -0.39 is 4.92 Å². The maximum Gasteiger partial charge on any atom is 0.273 e. The van der Waals surface area contributed by atoms with Gasteiger partial charge in [-0.2, -0.15) is 0 Å². The molecule has 2 rings (SSSR count). The topological polar surface area (TPSA) is 90.2 Å². The van der Waals surface area contributed by atoms with Crippen molar-refractivity contribution in [1.29, 1.82) is 0 Å². The Morgan fingerprint density at radius 2 is 2.24 bits per heavy atom. The standard InChI is InChI=1S/C13H16N4O3S/c1-4-10(14-2)13-16-15-12(21-13)9-6-5-8(17(18)19)7-11(9)20-3/h5-7,10,14H,4H2,1-3H3. The van der Waals surface area contributed by atoms with Crippen molar-refractivity contribution in [3.05, 3.63) is 33.3 Å². The molecule has 0 spiro atoms. The van der Waals surface area contributed by atoms with Crippen molar-refractivity contribution in [3.63, 3.8) is 0 Å². The second-order valence-electron chi connectivity index (χ2n) is 4.34. The molecule has 0 saturated heterocycles. The van der Waals surface area contributed by atoms with Crippen LogP contribution in [0.1, 0.15) is 24.4 Å². The molecule has 21 heavy (non-hydrogen) atoms. The Labute approximate surface area is 126 Å². The molecule has 1 aromatic carbocycles. The molecule has 0 fully saturated rings. The molecule has 1 aromatic heterocycles. The first-order valence-electron chi connectivity index (χ1n) is 6.44. The van der Waals surface area contributed by atoms with Crippen LogP contribution >= 0.6 is 11.3 Å². The quantitative estimate of drug-likeness (QED) is 0.652. The van der Waals surface area contributed by atoms with E-state index in [1.54, 1.807) is 6.07 Å². The van der Waals surface area contributed by atoms with Gasteiger partial charge in [0.15, 0.2) is 5.01 Å². The molecule has 7 nitrogen and oxygen atoms in total. The summed E-state index contributed by atoms with van der Waals surface area (Å²) in [6.07, 6.45) is 0.905. The van der Waals surface area contributed by atoms with Crippen LogP contribution in [-0.2, 0) is 0 Å². The number of nitro benzene ring substituents is 1. The van der Waals surface area contributed by atoms with Crippen molar-refractivity contribution >= 4 is 17.0 Å². The van der Waals surface area contributed by atoms with Gasteiger partial charge < -0.3 is 10.1 Å². The van der Waals surface area contributed by atoms with E-state index in [1.165, 1.54) is 30.6 Å². The Balaban J connectivity index is 2.40. The number of nitrogens with one attached hydrogen (secondary N) is 1. The first kappa shape index (κ1) is 15.3. The van der Waals surface area contributed by atoms with Gasteiger partial charge in [-0.05, 0) is 19.5 Å². The molecule has 0 bridgehead atoms. The summed E-state index contributed by atoms with van der Waals surface area (Å²) in [7, 11) is 3.36. The van der Waals surface area contributed by atoms with Gasteiger partial charge in [0.25, 0.3) is 5.69 Å². The number of hydrogen-bond acceptors (Lipinski definition) is 7. The third kappa shape index (κ3) is 3.17. The molecule has 0 aliphatic heterocycles. The molecule has 2 aromatic rings. The largest absolute Gasteiger partial charge is 0.496 e. The Kier molecular flexibility index (Phi) is 4.81. The Hall–Kier alpha value is -2.06. The number of methoxy groups -OCH3 is 1. The van der Waals surface area contributed by atoms with E-state index in [9.17, 15) is 10.1 Å². The van der Waals surface area contributed by atoms with Crippen LogP contribution in [0.2, 0.25) is 0 Å². The third-order valence-corrected chi connectivity index (χ3v) is 4.19. The molecule has 0 radical (unpaired) electrons. The smallest absolute Gasteiger partial charge is 0.273 e. The highest BCUT2D eigenvalue weighted by molar-refractivity contribution is 7.14. The second-order valence-corrected chi connectivity index (χ2v) is 5.35. The maximum atomic E-state index is 10.8. The van der Waals surface area contributed by atoms with Crippen molar-refractivity contribution in [2.45, 2.75) is 19.4 Å². The average Bonchev–Trinajstić information content (AvgIpc) is 2.97. The highest BCUT2D eigenvalue weighted by Gasteiger charge is 2.18. The predicted octanol–water partition coefficient (Wildman–Crippen LogP) is 2.79. The van der Waals surface area contributed by atoms with E-state index >= 15 is 0 Å². The van der Waals surface area contributed by atoms with Gasteiger partial charge in [0.1, 0.15) is 10.8 Å². The molecule has 1 atom stereocenters. The summed E-state index contributed by atoms with van der Waals surface area (Å²) in [6.45, 7) is 2.06. The Bertz CT molecular complexity index is 640. The number of benzene rings is 1. The third-order valence-electron chi connectivity index (χ3n) is 3.12. The second kappa shape index (κ2) is 6.59. The summed E-state index contributed by atoms with van der Waals surface area (Å²) >= 11 is 1.45. The number of non-ortho nitro benzene ring substituents is 1. The fourth-order valence-electron chi connectivity index (χ4n) is 1.96. The van der Waals surface area contributed by atoms with Crippen LogP contribution in [0.3, 0.4) is 0 Å². The fraction of sp³-hybridized carbons (Fsp3) is 0.385. The van der Waals surface area contributed by atoms with E-state index in [0.29, 0.717) is 16.3 Å². The van der Waals surface area contributed by atoms with Crippen molar-refractivity contribution < 1.29 is 9.66 Å². The lowest BCUT2D eigenvalue weighted by Gasteiger charge is -2.08. The lowest BCUT2D eigenvalue weighted by Crippen LogP contribution is -2.14. The monoisotopic (exact) mass is 308 g/mol. The number of hydrogen-bond donors (Lipinski definition) is 1. The van der Waals surface area contributed by atoms with Crippen LogP contribution in [0.15, 0.2) is 18.2 Å². The van der Waals surface area contributed by atoms with Crippen molar-refractivity contribution in [3.8, 4) is 16.3 Å². The Morgan fingerprint density at radius 1 is 1.48 bits per heavy atom. The molecule has 1 heterocycles. The Morgan fingerprint density at radius 3 is 2.81 bits per heavy atom. The van der Waals surface area contributed by atoms with Crippen molar-refractivity contribution in [1.82, 2.24) is 15.5 Å². The van der Waals surface area contributed by atoms with Crippen LogP contribution in [-0.4, -0.2) is 29.3 Å². The molecular formula is C13H16N4O3S. The summed E-state index contributed by atoms with van der Waals surface area (Å²) < 4.78 is 5.23. The molecule has 112 valence electrons. The highest BCUT2D eigenvalue weighted by atomic mass is 32.1. The zero-order chi connectivity index (χ0) is 15.4. The summed E-state index contributed by atoms with van der Waals surface area (Å²) in [4.78, 5) is 10.4. The van der Waals surface area contributed by atoms with Gasteiger partial charge >= 0.3 is 0 Å².